The quantitative estimate of drug-likeness (QED) is 0.280. The number of carbonyl (C=O) groups is 2. The van der Waals surface area contributed by atoms with Crippen molar-refractivity contribution in [2.24, 2.45) is 23.7 Å². The summed E-state index contributed by atoms with van der Waals surface area (Å²) in [6.45, 7) is 13.1. The van der Waals surface area contributed by atoms with Crippen molar-refractivity contribution in [3.8, 4) is 0 Å². The van der Waals surface area contributed by atoms with E-state index in [1.807, 2.05) is 6.08 Å². The zero-order valence-electron chi connectivity index (χ0n) is 22.5. The highest BCUT2D eigenvalue weighted by Crippen LogP contribution is 2.36. The molecule has 0 radical (unpaired) electrons. The summed E-state index contributed by atoms with van der Waals surface area (Å²) in [5.74, 6) is 1.18. The molecule has 1 aromatic rings. The Kier molecular flexibility index (Phi) is 11.2. The highest BCUT2D eigenvalue weighted by Gasteiger charge is 2.49. The second kappa shape index (κ2) is 13.4. The standard InChI is InChI=1S/C31H48O3/c1-22(2)12-9-13-23(3)14-10-15-24(4)16-11-17-25(5)20-21-31(34)26(6)29(32)27-18-7-8-19-28(27)30(31)33/h7-8,18-20,22-24,26,34H,9-17,21H2,1-6H3/t23-,24-,26?,31?/m1/s1. The van der Waals surface area contributed by atoms with Gasteiger partial charge >= 0.3 is 0 Å². The van der Waals surface area contributed by atoms with Gasteiger partial charge in [-0.25, -0.2) is 0 Å². The smallest absolute Gasteiger partial charge is 0.196 e. The minimum absolute atomic E-state index is 0.146. The van der Waals surface area contributed by atoms with E-state index in [0.717, 1.165) is 30.6 Å². The minimum Gasteiger partial charge on any atom is -0.381 e. The third-order valence-corrected chi connectivity index (χ3v) is 7.84. The first-order valence-electron chi connectivity index (χ1n) is 13.6. The van der Waals surface area contributed by atoms with Gasteiger partial charge in [0.2, 0.25) is 0 Å². The molecule has 0 saturated carbocycles. The lowest BCUT2D eigenvalue weighted by atomic mass is 9.70. The number of rotatable bonds is 14. The average molecular weight is 469 g/mol. The summed E-state index contributed by atoms with van der Waals surface area (Å²) >= 11 is 0. The van der Waals surface area contributed by atoms with Gasteiger partial charge in [-0.3, -0.25) is 9.59 Å². The van der Waals surface area contributed by atoms with E-state index >= 15 is 0 Å². The lowest BCUT2D eigenvalue weighted by Gasteiger charge is -2.36. The topological polar surface area (TPSA) is 54.4 Å². The Hall–Kier alpha value is -1.74. The molecule has 4 atom stereocenters. The highest BCUT2D eigenvalue weighted by molar-refractivity contribution is 6.18. The van der Waals surface area contributed by atoms with Crippen molar-refractivity contribution in [1.82, 2.24) is 0 Å². The SMILES string of the molecule is CC(=CCC1(O)C(=O)c2ccccc2C(=O)C1C)CCC[C@H](C)CCC[C@H](C)CCCC(C)C. The van der Waals surface area contributed by atoms with Gasteiger partial charge in [0.25, 0.3) is 0 Å². The van der Waals surface area contributed by atoms with Gasteiger partial charge in [-0.1, -0.05) is 115 Å². The number of fused-ring (bicyclic) bond motifs is 1. The van der Waals surface area contributed by atoms with Crippen LogP contribution in [0, 0.1) is 23.7 Å². The first-order chi connectivity index (χ1) is 16.1. The fourth-order valence-electron chi connectivity index (χ4n) is 5.18. The molecule has 0 fully saturated rings. The van der Waals surface area contributed by atoms with Crippen LogP contribution in [0.2, 0.25) is 0 Å². The van der Waals surface area contributed by atoms with Crippen molar-refractivity contribution in [1.29, 1.82) is 0 Å². The van der Waals surface area contributed by atoms with Gasteiger partial charge in [0.15, 0.2) is 11.6 Å². The highest BCUT2D eigenvalue weighted by atomic mass is 16.3. The van der Waals surface area contributed by atoms with Gasteiger partial charge < -0.3 is 5.11 Å². The molecule has 3 heteroatoms. The van der Waals surface area contributed by atoms with Crippen molar-refractivity contribution in [3.63, 3.8) is 0 Å². The van der Waals surface area contributed by atoms with Gasteiger partial charge in [0.05, 0.1) is 5.92 Å². The van der Waals surface area contributed by atoms with Gasteiger partial charge in [0, 0.05) is 17.5 Å². The molecule has 3 nitrogen and oxygen atoms in total. The monoisotopic (exact) mass is 468 g/mol. The van der Waals surface area contributed by atoms with E-state index in [-0.39, 0.29) is 18.0 Å². The Morgan fingerprint density at radius 2 is 1.44 bits per heavy atom. The number of Topliss-reactive ketones (excluding diaryl/α,β-unsaturated/α-hetero) is 2. The predicted octanol–water partition coefficient (Wildman–Crippen LogP) is 8.21. The molecular formula is C31H48O3. The Morgan fingerprint density at radius 1 is 0.912 bits per heavy atom. The molecule has 0 bridgehead atoms. The summed E-state index contributed by atoms with van der Waals surface area (Å²) in [5, 5.41) is 11.2. The molecule has 2 unspecified atom stereocenters. The summed E-state index contributed by atoms with van der Waals surface area (Å²) < 4.78 is 0. The molecule has 190 valence electrons. The molecule has 1 N–H and O–H groups in total. The maximum Gasteiger partial charge on any atom is 0.196 e. The van der Waals surface area contributed by atoms with Crippen LogP contribution >= 0.6 is 0 Å². The molecular weight excluding hydrogens is 420 g/mol. The Balaban J connectivity index is 1.74. The number of benzene rings is 1. The van der Waals surface area contributed by atoms with Crippen LogP contribution in [0.25, 0.3) is 0 Å². The van der Waals surface area contributed by atoms with Crippen LogP contribution in [-0.2, 0) is 0 Å². The molecule has 0 spiro atoms. The zero-order chi connectivity index (χ0) is 25.3. The van der Waals surface area contributed by atoms with Crippen molar-refractivity contribution in [2.75, 3.05) is 0 Å². The van der Waals surface area contributed by atoms with Crippen LogP contribution < -0.4 is 0 Å². The molecule has 0 saturated heterocycles. The molecule has 0 heterocycles. The minimum atomic E-state index is -1.65. The van der Waals surface area contributed by atoms with Gasteiger partial charge in [-0.2, -0.15) is 0 Å². The first kappa shape index (κ1) is 28.5. The van der Waals surface area contributed by atoms with Crippen molar-refractivity contribution in [2.45, 2.75) is 111 Å². The molecule has 1 aromatic carbocycles. The van der Waals surface area contributed by atoms with E-state index in [4.69, 9.17) is 0 Å². The average Bonchev–Trinajstić information content (AvgIpc) is 2.80. The van der Waals surface area contributed by atoms with Crippen LogP contribution in [-0.4, -0.2) is 22.3 Å². The summed E-state index contributed by atoms with van der Waals surface area (Å²) in [7, 11) is 0. The van der Waals surface area contributed by atoms with Crippen molar-refractivity contribution in [3.05, 3.63) is 47.0 Å². The maximum absolute atomic E-state index is 13.0. The molecule has 1 aliphatic rings. The second-order valence-electron chi connectivity index (χ2n) is 11.5. The molecule has 0 amide bonds. The fraction of sp³-hybridized carbons (Fsp3) is 0.677. The molecule has 0 aliphatic heterocycles. The van der Waals surface area contributed by atoms with E-state index < -0.39 is 11.5 Å². The van der Waals surface area contributed by atoms with E-state index in [2.05, 4.69) is 34.6 Å². The Bertz CT molecular complexity index is 837. The fourth-order valence-corrected chi connectivity index (χ4v) is 5.18. The van der Waals surface area contributed by atoms with Crippen LogP contribution in [0.15, 0.2) is 35.9 Å². The summed E-state index contributed by atoms with van der Waals surface area (Å²) in [5.41, 5.74) is 0.323. The third kappa shape index (κ3) is 7.90. The third-order valence-electron chi connectivity index (χ3n) is 7.84. The lowest BCUT2D eigenvalue weighted by molar-refractivity contribution is 0.00307. The van der Waals surface area contributed by atoms with Crippen LogP contribution in [0.4, 0.5) is 0 Å². The summed E-state index contributed by atoms with van der Waals surface area (Å²) in [6.07, 6.45) is 13.5. The number of aliphatic hydroxyl groups is 1. The molecule has 0 aromatic heterocycles. The van der Waals surface area contributed by atoms with Crippen molar-refractivity contribution >= 4 is 11.6 Å². The summed E-state index contributed by atoms with van der Waals surface area (Å²) in [4.78, 5) is 25.8. The lowest BCUT2D eigenvalue weighted by Crippen LogP contribution is -2.51. The van der Waals surface area contributed by atoms with Crippen molar-refractivity contribution < 1.29 is 14.7 Å². The summed E-state index contributed by atoms with van der Waals surface area (Å²) in [6, 6.07) is 6.84. The number of carbonyl (C=O) groups excluding carboxylic acids is 2. The molecule has 1 aliphatic carbocycles. The van der Waals surface area contributed by atoms with Gasteiger partial charge in [-0.15, -0.1) is 0 Å². The number of hydrogen-bond acceptors (Lipinski definition) is 3. The first-order valence-corrected chi connectivity index (χ1v) is 13.6. The number of allylic oxidation sites excluding steroid dienone is 1. The van der Waals surface area contributed by atoms with Gasteiger partial charge in [0.1, 0.15) is 5.60 Å². The zero-order valence-corrected chi connectivity index (χ0v) is 22.5. The second-order valence-corrected chi connectivity index (χ2v) is 11.5. The van der Waals surface area contributed by atoms with Crippen LogP contribution in [0.1, 0.15) is 126 Å². The number of ketones is 2. The normalized spacial score (nSPS) is 22.7. The maximum atomic E-state index is 13.0. The Labute approximate surface area is 208 Å². The largest absolute Gasteiger partial charge is 0.381 e. The van der Waals surface area contributed by atoms with E-state index in [0.29, 0.717) is 11.1 Å². The predicted molar refractivity (Wildman–Crippen MR) is 142 cm³/mol. The molecule has 2 rings (SSSR count). The van der Waals surface area contributed by atoms with Crippen LogP contribution in [0.3, 0.4) is 0 Å². The van der Waals surface area contributed by atoms with E-state index in [1.165, 1.54) is 50.5 Å². The van der Waals surface area contributed by atoms with E-state index in [1.54, 1.807) is 31.2 Å². The van der Waals surface area contributed by atoms with Crippen LogP contribution in [0.5, 0.6) is 0 Å². The van der Waals surface area contributed by atoms with Gasteiger partial charge in [-0.05, 0) is 37.5 Å². The van der Waals surface area contributed by atoms with E-state index in [9.17, 15) is 14.7 Å². The molecule has 34 heavy (non-hydrogen) atoms. The number of hydrogen-bond donors (Lipinski definition) is 1. The Morgan fingerprint density at radius 3 is 2.03 bits per heavy atom.